The zero-order valence-electron chi connectivity index (χ0n) is 11.1. The van der Waals surface area contributed by atoms with Crippen molar-refractivity contribution >= 4 is 0 Å². The van der Waals surface area contributed by atoms with Crippen molar-refractivity contribution in [3.8, 4) is 0 Å². The van der Waals surface area contributed by atoms with Crippen LogP contribution in [-0.4, -0.2) is 31.8 Å². The van der Waals surface area contributed by atoms with Crippen molar-refractivity contribution in [3.63, 3.8) is 0 Å². The van der Waals surface area contributed by atoms with Gasteiger partial charge in [0.15, 0.2) is 0 Å². The number of nitrogens with one attached hydrogen (secondary N) is 1. The van der Waals surface area contributed by atoms with Gasteiger partial charge in [0.05, 0.1) is 6.10 Å². The summed E-state index contributed by atoms with van der Waals surface area (Å²) in [6, 6.07) is 11.4. The first-order valence-electron chi connectivity index (χ1n) is 6.83. The second-order valence-corrected chi connectivity index (χ2v) is 5.22. The van der Waals surface area contributed by atoms with Gasteiger partial charge in [-0.2, -0.15) is 0 Å². The number of hydrogen-bond donors (Lipinski definition) is 2. The summed E-state index contributed by atoms with van der Waals surface area (Å²) in [5, 5.41) is 3.51. The van der Waals surface area contributed by atoms with E-state index in [2.05, 4.69) is 29.6 Å². The van der Waals surface area contributed by atoms with Gasteiger partial charge in [-0.15, -0.1) is 0 Å². The molecule has 0 aromatic heterocycles. The van der Waals surface area contributed by atoms with Crippen molar-refractivity contribution in [1.29, 1.82) is 0 Å². The largest absolute Gasteiger partial charge is 0.381 e. The van der Waals surface area contributed by atoms with E-state index in [-0.39, 0.29) is 6.04 Å². The van der Waals surface area contributed by atoms with Crippen LogP contribution in [0.3, 0.4) is 0 Å². The molecule has 3 N–H and O–H groups in total. The summed E-state index contributed by atoms with van der Waals surface area (Å²) in [6.07, 6.45) is 4.82. The predicted molar refractivity (Wildman–Crippen MR) is 74.6 cm³/mol. The lowest BCUT2D eigenvalue weighted by molar-refractivity contribution is 0.0171. The van der Waals surface area contributed by atoms with Crippen LogP contribution < -0.4 is 11.1 Å². The summed E-state index contributed by atoms with van der Waals surface area (Å²) in [7, 11) is 1.78. The maximum Gasteiger partial charge on any atom is 0.0601 e. The summed E-state index contributed by atoms with van der Waals surface area (Å²) < 4.78 is 5.26. The van der Waals surface area contributed by atoms with Gasteiger partial charge >= 0.3 is 0 Å². The van der Waals surface area contributed by atoms with Gasteiger partial charge in [0.25, 0.3) is 0 Å². The molecule has 0 aliphatic heterocycles. The Morgan fingerprint density at radius 1 is 1.33 bits per heavy atom. The number of hydrogen-bond acceptors (Lipinski definition) is 3. The molecular formula is C15H24N2O. The van der Waals surface area contributed by atoms with Crippen LogP contribution in [0.25, 0.3) is 0 Å². The van der Waals surface area contributed by atoms with Crippen molar-refractivity contribution in [2.75, 3.05) is 13.7 Å². The monoisotopic (exact) mass is 248 g/mol. The van der Waals surface area contributed by atoms with Gasteiger partial charge < -0.3 is 15.8 Å². The lowest BCUT2D eigenvalue weighted by atomic mass is 9.89. The average Bonchev–Trinajstić information content (AvgIpc) is 2.36. The van der Waals surface area contributed by atoms with Gasteiger partial charge in [0.2, 0.25) is 0 Å². The lowest BCUT2D eigenvalue weighted by Gasteiger charge is -2.35. The minimum absolute atomic E-state index is 0.242. The maximum atomic E-state index is 6.12. The predicted octanol–water partition coefficient (Wildman–Crippen LogP) is 1.71. The molecule has 2 rings (SSSR count). The molecule has 1 aliphatic rings. The van der Waals surface area contributed by atoms with E-state index in [1.165, 1.54) is 5.56 Å². The van der Waals surface area contributed by atoms with Gasteiger partial charge in [-0.25, -0.2) is 0 Å². The van der Waals surface area contributed by atoms with Crippen molar-refractivity contribution in [2.45, 2.75) is 43.9 Å². The van der Waals surface area contributed by atoms with Crippen molar-refractivity contribution in [3.05, 3.63) is 35.9 Å². The Bertz CT molecular complexity index is 336. The second-order valence-electron chi connectivity index (χ2n) is 5.22. The Balaban J connectivity index is 1.57. The van der Waals surface area contributed by atoms with E-state index in [9.17, 15) is 0 Å². The van der Waals surface area contributed by atoms with E-state index < -0.39 is 0 Å². The van der Waals surface area contributed by atoms with Gasteiger partial charge in [0.1, 0.15) is 0 Å². The Hall–Kier alpha value is -0.900. The third-order valence-electron chi connectivity index (χ3n) is 3.74. The first-order chi connectivity index (χ1) is 8.78. The number of nitrogens with two attached hydrogens (primary N) is 1. The van der Waals surface area contributed by atoms with E-state index in [1.54, 1.807) is 7.11 Å². The first kappa shape index (κ1) is 13.5. The highest BCUT2D eigenvalue weighted by molar-refractivity contribution is 5.14. The van der Waals surface area contributed by atoms with E-state index in [0.717, 1.165) is 32.2 Å². The zero-order valence-corrected chi connectivity index (χ0v) is 11.1. The molecule has 1 saturated carbocycles. The van der Waals surface area contributed by atoms with Crippen LogP contribution in [0.4, 0.5) is 0 Å². The fourth-order valence-corrected chi connectivity index (χ4v) is 2.34. The smallest absolute Gasteiger partial charge is 0.0601 e. The number of aryl methyl sites for hydroxylation is 1. The van der Waals surface area contributed by atoms with Gasteiger partial charge in [0, 0.05) is 25.7 Å². The molecule has 1 unspecified atom stereocenters. The van der Waals surface area contributed by atoms with Gasteiger partial charge in [-0.05, 0) is 31.2 Å². The summed E-state index contributed by atoms with van der Waals surface area (Å²) in [6.45, 7) is 0.911. The fraction of sp³-hybridized carbons (Fsp3) is 0.600. The van der Waals surface area contributed by atoms with Crippen LogP contribution in [0.2, 0.25) is 0 Å². The molecule has 1 fully saturated rings. The Kier molecular flexibility index (Phi) is 5.17. The van der Waals surface area contributed by atoms with Crippen LogP contribution in [0, 0.1) is 0 Å². The highest BCUT2D eigenvalue weighted by atomic mass is 16.5. The quantitative estimate of drug-likeness (QED) is 0.772. The molecule has 0 bridgehead atoms. The zero-order chi connectivity index (χ0) is 12.8. The van der Waals surface area contributed by atoms with E-state index in [4.69, 9.17) is 10.5 Å². The molecule has 1 atom stereocenters. The highest BCUT2D eigenvalue weighted by Crippen LogP contribution is 2.22. The summed E-state index contributed by atoms with van der Waals surface area (Å²) >= 11 is 0. The molecular weight excluding hydrogens is 224 g/mol. The molecule has 0 spiro atoms. The second kappa shape index (κ2) is 6.88. The number of benzene rings is 1. The Morgan fingerprint density at radius 3 is 2.72 bits per heavy atom. The molecule has 0 amide bonds. The van der Waals surface area contributed by atoms with Crippen LogP contribution in [0.5, 0.6) is 0 Å². The van der Waals surface area contributed by atoms with Crippen LogP contribution in [0.1, 0.15) is 24.8 Å². The van der Waals surface area contributed by atoms with Gasteiger partial charge in [-0.1, -0.05) is 30.3 Å². The minimum Gasteiger partial charge on any atom is -0.381 e. The summed E-state index contributed by atoms with van der Waals surface area (Å²) in [5.41, 5.74) is 7.49. The number of methoxy groups -OCH3 is 1. The van der Waals surface area contributed by atoms with Gasteiger partial charge in [-0.3, -0.25) is 0 Å². The maximum absolute atomic E-state index is 6.12. The topological polar surface area (TPSA) is 47.3 Å². The molecule has 0 saturated heterocycles. The van der Waals surface area contributed by atoms with E-state index >= 15 is 0 Å². The highest BCUT2D eigenvalue weighted by Gasteiger charge is 2.28. The minimum atomic E-state index is 0.242. The average molecular weight is 248 g/mol. The number of rotatable bonds is 7. The lowest BCUT2D eigenvalue weighted by Crippen LogP contribution is -2.48. The van der Waals surface area contributed by atoms with Crippen LogP contribution in [0.15, 0.2) is 30.3 Å². The fourth-order valence-electron chi connectivity index (χ4n) is 2.34. The SMILES string of the molecule is COC1CC(NCC(N)CCc2ccccc2)C1. The third-order valence-corrected chi connectivity index (χ3v) is 3.74. The summed E-state index contributed by atoms with van der Waals surface area (Å²) in [4.78, 5) is 0. The van der Waals surface area contributed by atoms with Crippen LogP contribution >= 0.6 is 0 Å². The van der Waals surface area contributed by atoms with E-state index in [1.807, 2.05) is 6.07 Å². The molecule has 0 radical (unpaired) electrons. The molecule has 0 heterocycles. The molecule has 3 heteroatoms. The molecule has 18 heavy (non-hydrogen) atoms. The number of ether oxygens (including phenoxy) is 1. The first-order valence-corrected chi connectivity index (χ1v) is 6.83. The molecule has 100 valence electrons. The van der Waals surface area contributed by atoms with Crippen molar-refractivity contribution in [1.82, 2.24) is 5.32 Å². The van der Waals surface area contributed by atoms with Crippen molar-refractivity contribution in [2.24, 2.45) is 5.73 Å². The molecule has 1 aromatic carbocycles. The Labute approximate surface area is 110 Å². The van der Waals surface area contributed by atoms with E-state index in [0.29, 0.717) is 12.1 Å². The molecule has 1 aromatic rings. The third kappa shape index (κ3) is 4.09. The van der Waals surface area contributed by atoms with Crippen molar-refractivity contribution < 1.29 is 4.74 Å². The Morgan fingerprint density at radius 2 is 2.06 bits per heavy atom. The van der Waals surface area contributed by atoms with Crippen LogP contribution in [-0.2, 0) is 11.2 Å². The molecule has 1 aliphatic carbocycles. The molecule has 3 nitrogen and oxygen atoms in total. The standard InChI is InChI=1S/C15H24N2O/c1-18-15-9-14(10-15)17-11-13(16)8-7-12-5-3-2-4-6-12/h2-6,13-15,17H,7-11,16H2,1H3. The normalized spacial score (nSPS) is 24.6. The summed E-state index contributed by atoms with van der Waals surface area (Å²) in [5.74, 6) is 0.